The lowest BCUT2D eigenvalue weighted by Gasteiger charge is -2.27. The zero-order valence-electron chi connectivity index (χ0n) is 21.1. The fourth-order valence-corrected chi connectivity index (χ4v) is 4.54. The third-order valence-corrected chi connectivity index (χ3v) is 6.54. The second-order valence-electron chi connectivity index (χ2n) is 8.78. The molecule has 0 spiro atoms. The van der Waals surface area contributed by atoms with Gasteiger partial charge in [-0.3, -0.25) is 4.79 Å². The number of hydrogen-bond donors (Lipinski definition) is 2. The van der Waals surface area contributed by atoms with Crippen molar-refractivity contribution in [3.05, 3.63) is 47.5 Å². The number of aromatic carboxylic acids is 1. The standard InChI is InChI=1S/C27H36N2O6/c1-5-27(16-24(30)29(18-27)21-10-8-20(9-11-21)26(31)32)12-13-28-17-19-14-22(34-6-2)25(33-4)23(15-19)35-7-3/h8-11,14-15,28H,5-7,12-13,16-18H2,1-4H3,(H,31,32). The number of amides is 1. The Balaban J connectivity index is 1.63. The molecule has 8 nitrogen and oxygen atoms in total. The molecule has 0 radical (unpaired) electrons. The largest absolute Gasteiger partial charge is 0.490 e. The molecule has 8 heteroatoms. The van der Waals surface area contributed by atoms with Crippen molar-refractivity contribution in [3.63, 3.8) is 0 Å². The summed E-state index contributed by atoms with van der Waals surface area (Å²) in [6.45, 7) is 9.07. The van der Waals surface area contributed by atoms with Crippen LogP contribution in [0.15, 0.2) is 36.4 Å². The first-order valence-corrected chi connectivity index (χ1v) is 12.2. The average Bonchev–Trinajstić information content (AvgIpc) is 3.19. The molecule has 190 valence electrons. The van der Waals surface area contributed by atoms with E-state index < -0.39 is 5.97 Å². The van der Waals surface area contributed by atoms with Crippen molar-refractivity contribution in [1.82, 2.24) is 5.32 Å². The van der Waals surface area contributed by atoms with Gasteiger partial charge in [-0.15, -0.1) is 0 Å². The number of nitrogens with zero attached hydrogens (tertiary/aromatic N) is 1. The molecule has 1 fully saturated rings. The Kier molecular flexibility index (Phi) is 8.98. The molecule has 1 aliphatic heterocycles. The van der Waals surface area contributed by atoms with Crippen LogP contribution in [0.3, 0.4) is 0 Å². The molecule has 0 aromatic heterocycles. The number of benzene rings is 2. The predicted octanol–water partition coefficient (Wildman–Crippen LogP) is 4.50. The highest BCUT2D eigenvalue weighted by Crippen LogP contribution is 2.41. The first kappa shape index (κ1) is 26.3. The predicted molar refractivity (Wildman–Crippen MR) is 135 cm³/mol. The summed E-state index contributed by atoms with van der Waals surface area (Å²) in [7, 11) is 1.61. The van der Waals surface area contributed by atoms with E-state index in [1.165, 1.54) is 0 Å². The number of carboxylic acid groups (broad SMARTS) is 1. The van der Waals surface area contributed by atoms with Gasteiger partial charge in [-0.2, -0.15) is 0 Å². The van der Waals surface area contributed by atoms with Crippen LogP contribution in [0.1, 0.15) is 56.0 Å². The van der Waals surface area contributed by atoms with Crippen LogP contribution >= 0.6 is 0 Å². The molecule has 1 atom stereocenters. The van der Waals surface area contributed by atoms with Crippen LogP contribution in [-0.4, -0.2) is 50.4 Å². The van der Waals surface area contributed by atoms with Crippen molar-refractivity contribution in [2.45, 2.75) is 46.6 Å². The first-order valence-electron chi connectivity index (χ1n) is 12.2. The number of hydrogen-bond acceptors (Lipinski definition) is 6. The summed E-state index contributed by atoms with van der Waals surface area (Å²) in [5.41, 5.74) is 1.87. The van der Waals surface area contributed by atoms with E-state index >= 15 is 0 Å². The Morgan fingerprint density at radius 2 is 1.71 bits per heavy atom. The van der Waals surface area contributed by atoms with Crippen LogP contribution < -0.4 is 24.4 Å². The van der Waals surface area contributed by atoms with Crippen molar-refractivity contribution < 1.29 is 28.9 Å². The second-order valence-corrected chi connectivity index (χ2v) is 8.78. The van der Waals surface area contributed by atoms with Crippen LogP contribution in [0, 0.1) is 5.41 Å². The molecule has 1 saturated heterocycles. The van der Waals surface area contributed by atoms with E-state index in [4.69, 9.17) is 19.3 Å². The van der Waals surface area contributed by atoms with Crippen molar-refractivity contribution in [3.8, 4) is 17.2 Å². The molecule has 1 amide bonds. The SMILES string of the molecule is CCOc1cc(CNCCC2(CC)CC(=O)N(c3ccc(C(=O)O)cc3)C2)cc(OCC)c1OC. The van der Waals surface area contributed by atoms with Crippen LogP contribution in [0.5, 0.6) is 17.2 Å². The van der Waals surface area contributed by atoms with E-state index in [9.17, 15) is 9.59 Å². The van der Waals surface area contributed by atoms with Gasteiger partial charge >= 0.3 is 5.97 Å². The maximum atomic E-state index is 12.8. The molecule has 1 heterocycles. The molecule has 3 rings (SSSR count). The average molecular weight is 485 g/mol. The molecule has 1 aliphatic rings. The van der Waals surface area contributed by atoms with Crippen LogP contribution in [0.4, 0.5) is 5.69 Å². The maximum Gasteiger partial charge on any atom is 0.335 e. The Morgan fingerprint density at radius 3 is 2.23 bits per heavy atom. The van der Waals surface area contributed by atoms with Gasteiger partial charge in [-0.1, -0.05) is 6.92 Å². The number of ether oxygens (including phenoxy) is 3. The van der Waals surface area contributed by atoms with Crippen LogP contribution in [-0.2, 0) is 11.3 Å². The second kappa shape index (κ2) is 11.9. The van der Waals surface area contributed by atoms with Crippen molar-refractivity contribution in [1.29, 1.82) is 0 Å². The number of carbonyl (C=O) groups is 2. The van der Waals surface area contributed by atoms with Crippen molar-refractivity contribution in [2.75, 3.05) is 38.3 Å². The van der Waals surface area contributed by atoms with Gasteiger partial charge < -0.3 is 29.5 Å². The smallest absolute Gasteiger partial charge is 0.335 e. The van der Waals surface area contributed by atoms with Gasteiger partial charge in [-0.25, -0.2) is 4.79 Å². The summed E-state index contributed by atoms with van der Waals surface area (Å²) in [5.74, 6) is 1.02. The molecule has 0 saturated carbocycles. The molecule has 2 aromatic rings. The summed E-state index contributed by atoms with van der Waals surface area (Å²) in [5, 5.41) is 12.6. The molecule has 1 unspecified atom stereocenters. The van der Waals surface area contributed by atoms with E-state index in [-0.39, 0.29) is 16.9 Å². The molecule has 35 heavy (non-hydrogen) atoms. The van der Waals surface area contributed by atoms with Gasteiger partial charge in [-0.05, 0) is 80.6 Å². The Morgan fingerprint density at radius 1 is 1.09 bits per heavy atom. The lowest BCUT2D eigenvalue weighted by atomic mass is 9.81. The van der Waals surface area contributed by atoms with E-state index in [0.29, 0.717) is 50.0 Å². The maximum absolute atomic E-state index is 12.8. The van der Waals surface area contributed by atoms with Crippen LogP contribution in [0.2, 0.25) is 0 Å². The number of methoxy groups -OCH3 is 1. The summed E-state index contributed by atoms with van der Waals surface area (Å²) in [4.78, 5) is 25.7. The zero-order valence-corrected chi connectivity index (χ0v) is 21.1. The molecular weight excluding hydrogens is 448 g/mol. The van der Waals surface area contributed by atoms with Gasteiger partial charge in [0.15, 0.2) is 11.5 Å². The topological polar surface area (TPSA) is 97.3 Å². The highest BCUT2D eigenvalue weighted by molar-refractivity contribution is 5.97. The molecule has 2 N–H and O–H groups in total. The van der Waals surface area contributed by atoms with E-state index in [1.807, 2.05) is 26.0 Å². The van der Waals surface area contributed by atoms with Gasteiger partial charge in [0.05, 0.1) is 25.9 Å². The fourth-order valence-electron chi connectivity index (χ4n) is 4.54. The van der Waals surface area contributed by atoms with Gasteiger partial charge in [0.1, 0.15) is 0 Å². The summed E-state index contributed by atoms with van der Waals surface area (Å²) < 4.78 is 17.0. The molecule has 2 aromatic carbocycles. The Hall–Kier alpha value is -3.26. The molecular formula is C27H36N2O6. The third-order valence-electron chi connectivity index (χ3n) is 6.54. The Labute approximate surface area is 207 Å². The fraction of sp³-hybridized carbons (Fsp3) is 0.481. The normalized spacial score (nSPS) is 17.5. The van der Waals surface area contributed by atoms with Crippen molar-refractivity contribution >= 4 is 17.6 Å². The lowest BCUT2D eigenvalue weighted by molar-refractivity contribution is -0.117. The van der Waals surface area contributed by atoms with Crippen LogP contribution in [0.25, 0.3) is 0 Å². The summed E-state index contributed by atoms with van der Waals surface area (Å²) in [6.07, 6.45) is 2.22. The molecule has 0 bridgehead atoms. The summed E-state index contributed by atoms with van der Waals surface area (Å²) >= 11 is 0. The zero-order chi connectivity index (χ0) is 25.4. The van der Waals surface area contributed by atoms with E-state index in [0.717, 1.165) is 30.6 Å². The number of anilines is 1. The minimum absolute atomic E-state index is 0.0767. The van der Waals surface area contributed by atoms with Crippen molar-refractivity contribution in [2.24, 2.45) is 5.41 Å². The lowest BCUT2D eigenvalue weighted by Crippen LogP contribution is -2.31. The number of carboxylic acids is 1. The summed E-state index contributed by atoms with van der Waals surface area (Å²) in [6, 6.07) is 10.4. The van der Waals surface area contributed by atoms with E-state index in [2.05, 4.69) is 12.2 Å². The quantitative estimate of drug-likeness (QED) is 0.404. The monoisotopic (exact) mass is 484 g/mol. The third kappa shape index (κ3) is 6.25. The minimum atomic E-state index is -0.975. The number of carbonyl (C=O) groups excluding carboxylic acids is 1. The van der Waals surface area contributed by atoms with Gasteiger partial charge in [0.2, 0.25) is 11.7 Å². The van der Waals surface area contributed by atoms with Gasteiger partial charge in [0.25, 0.3) is 0 Å². The minimum Gasteiger partial charge on any atom is -0.490 e. The first-order chi connectivity index (χ1) is 16.9. The highest BCUT2D eigenvalue weighted by Gasteiger charge is 2.41. The highest BCUT2D eigenvalue weighted by atomic mass is 16.5. The number of nitrogens with one attached hydrogen (secondary N) is 1. The Bertz CT molecular complexity index is 996. The number of rotatable bonds is 13. The van der Waals surface area contributed by atoms with Gasteiger partial charge in [0, 0.05) is 25.2 Å². The molecule has 0 aliphatic carbocycles. The van der Waals surface area contributed by atoms with E-state index in [1.54, 1.807) is 36.3 Å².